The van der Waals surface area contributed by atoms with Crippen LogP contribution in [-0.2, 0) is 16.1 Å². The van der Waals surface area contributed by atoms with E-state index in [9.17, 15) is 9.59 Å². The largest absolute Gasteiger partial charge is 0.480 e. The summed E-state index contributed by atoms with van der Waals surface area (Å²) in [5.41, 5.74) is 1.28. The van der Waals surface area contributed by atoms with Gasteiger partial charge in [0.25, 0.3) is 0 Å². The van der Waals surface area contributed by atoms with Gasteiger partial charge in [-0.25, -0.2) is 9.59 Å². The molecule has 7 nitrogen and oxygen atoms in total. The highest BCUT2D eigenvalue weighted by molar-refractivity contribution is 5.92. The molecule has 0 bridgehead atoms. The molecule has 19 heavy (non-hydrogen) atoms. The van der Waals surface area contributed by atoms with Crippen LogP contribution in [-0.4, -0.2) is 42.0 Å². The summed E-state index contributed by atoms with van der Waals surface area (Å²) in [5.74, 6) is -1.30. The first-order chi connectivity index (χ1) is 9.08. The fourth-order valence-electron chi connectivity index (χ4n) is 1.43. The molecule has 0 aromatic heterocycles. The Kier molecular flexibility index (Phi) is 5.77. The second-order valence-corrected chi connectivity index (χ2v) is 3.76. The number of nitrogens with one attached hydrogen (secondary N) is 2. The molecule has 0 aliphatic carbocycles. The van der Waals surface area contributed by atoms with E-state index in [1.807, 2.05) is 0 Å². The first-order valence-electron chi connectivity index (χ1n) is 5.56. The topological polar surface area (TPSA) is 108 Å². The van der Waals surface area contributed by atoms with Crippen LogP contribution in [0, 0.1) is 0 Å². The highest BCUT2D eigenvalue weighted by Gasteiger charge is 2.18. The van der Waals surface area contributed by atoms with E-state index in [-0.39, 0.29) is 0 Å². The normalized spacial score (nSPS) is 11.7. The van der Waals surface area contributed by atoms with Gasteiger partial charge < -0.3 is 25.6 Å². The number of anilines is 1. The van der Waals surface area contributed by atoms with Gasteiger partial charge in [-0.15, -0.1) is 0 Å². The first kappa shape index (κ1) is 14.9. The van der Waals surface area contributed by atoms with Gasteiger partial charge in [0, 0.05) is 18.4 Å². The molecule has 1 aromatic carbocycles. The zero-order valence-electron chi connectivity index (χ0n) is 10.4. The molecule has 1 unspecified atom stereocenters. The number of carboxylic acids is 1. The summed E-state index contributed by atoms with van der Waals surface area (Å²) in [4.78, 5) is 22.3. The quantitative estimate of drug-likeness (QED) is 0.597. The van der Waals surface area contributed by atoms with E-state index in [2.05, 4.69) is 10.6 Å². The Bertz CT molecular complexity index is 450. The molecule has 0 fully saturated rings. The number of hydrogen-bond donors (Lipinski definition) is 4. The van der Waals surface area contributed by atoms with Crippen LogP contribution < -0.4 is 10.6 Å². The number of para-hydroxylation sites is 1. The second-order valence-electron chi connectivity index (χ2n) is 3.76. The van der Waals surface area contributed by atoms with Gasteiger partial charge in [0.2, 0.25) is 0 Å². The van der Waals surface area contributed by atoms with Crippen molar-refractivity contribution in [3.63, 3.8) is 0 Å². The molecule has 0 saturated heterocycles. The summed E-state index contributed by atoms with van der Waals surface area (Å²) in [7, 11) is 1.53. The second kappa shape index (κ2) is 7.34. The van der Waals surface area contributed by atoms with Crippen LogP contribution in [0.25, 0.3) is 0 Å². The fraction of sp³-hybridized carbons (Fsp3) is 0.333. The number of urea groups is 1. The summed E-state index contributed by atoms with van der Waals surface area (Å²) in [6.07, 6.45) is 0. The highest BCUT2D eigenvalue weighted by Crippen LogP contribution is 2.15. The van der Waals surface area contributed by atoms with Gasteiger partial charge in [-0.1, -0.05) is 18.2 Å². The number of aliphatic hydroxyl groups is 1. The molecule has 0 aliphatic rings. The van der Waals surface area contributed by atoms with Crippen molar-refractivity contribution in [3.05, 3.63) is 29.8 Å². The maximum atomic E-state index is 11.6. The molecule has 2 amide bonds. The fourth-order valence-corrected chi connectivity index (χ4v) is 1.43. The molecule has 104 valence electrons. The molecule has 1 rings (SSSR count). The van der Waals surface area contributed by atoms with Gasteiger partial charge in [0.1, 0.15) is 0 Å². The molecule has 7 heteroatoms. The standard InChI is InChI=1S/C12H16N2O5/c1-19-7-8-4-2-3-5-9(8)13-12(18)14-10(6-15)11(16)17/h2-5,10,15H,6-7H2,1H3,(H,16,17)(H2,13,14,18). The zero-order valence-corrected chi connectivity index (χ0v) is 10.4. The maximum Gasteiger partial charge on any atom is 0.328 e. The Morgan fingerprint density at radius 2 is 2.05 bits per heavy atom. The zero-order chi connectivity index (χ0) is 14.3. The molecule has 1 atom stereocenters. The molecule has 0 heterocycles. The Morgan fingerprint density at radius 1 is 1.37 bits per heavy atom. The molecular formula is C12H16N2O5. The third-order valence-corrected chi connectivity index (χ3v) is 2.35. The Labute approximate surface area is 110 Å². The van der Waals surface area contributed by atoms with Gasteiger partial charge in [0.15, 0.2) is 6.04 Å². The minimum absolute atomic E-state index is 0.318. The predicted octanol–water partition coefficient (Wildman–Crippen LogP) is 0.400. The van der Waals surface area contributed by atoms with Crippen molar-refractivity contribution in [3.8, 4) is 0 Å². The van der Waals surface area contributed by atoms with Crippen molar-refractivity contribution in [2.24, 2.45) is 0 Å². The highest BCUT2D eigenvalue weighted by atomic mass is 16.5. The van der Waals surface area contributed by atoms with Crippen LogP contribution >= 0.6 is 0 Å². The smallest absolute Gasteiger partial charge is 0.328 e. The van der Waals surface area contributed by atoms with Crippen LogP contribution in [0.5, 0.6) is 0 Å². The van der Waals surface area contributed by atoms with Crippen LogP contribution in [0.4, 0.5) is 10.5 Å². The number of carboxylic acid groups (broad SMARTS) is 1. The summed E-state index contributed by atoms with van der Waals surface area (Å²) in [6, 6.07) is 4.93. The van der Waals surface area contributed by atoms with E-state index < -0.39 is 24.6 Å². The minimum atomic E-state index is -1.34. The van der Waals surface area contributed by atoms with E-state index in [4.69, 9.17) is 14.9 Å². The van der Waals surface area contributed by atoms with Crippen molar-refractivity contribution < 1.29 is 24.5 Å². The van der Waals surface area contributed by atoms with Crippen LogP contribution in [0.1, 0.15) is 5.56 Å². The number of aliphatic hydroxyl groups excluding tert-OH is 1. The van der Waals surface area contributed by atoms with Crippen molar-refractivity contribution >= 4 is 17.7 Å². The monoisotopic (exact) mass is 268 g/mol. The van der Waals surface area contributed by atoms with E-state index in [1.165, 1.54) is 7.11 Å². The van der Waals surface area contributed by atoms with E-state index in [0.29, 0.717) is 12.3 Å². The maximum absolute atomic E-state index is 11.6. The molecule has 0 radical (unpaired) electrons. The number of aliphatic carboxylic acids is 1. The number of carbonyl (C=O) groups is 2. The van der Waals surface area contributed by atoms with Gasteiger partial charge in [-0.05, 0) is 6.07 Å². The lowest BCUT2D eigenvalue weighted by Crippen LogP contribution is -2.45. The Morgan fingerprint density at radius 3 is 2.63 bits per heavy atom. The third kappa shape index (κ3) is 4.57. The van der Waals surface area contributed by atoms with Gasteiger partial charge in [-0.2, -0.15) is 0 Å². The van der Waals surface area contributed by atoms with Gasteiger partial charge in [0.05, 0.1) is 13.2 Å². The SMILES string of the molecule is COCc1ccccc1NC(=O)NC(CO)C(=O)O. The molecule has 4 N–H and O–H groups in total. The average Bonchev–Trinajstić information content (AvgIpc) is 2.38. The number of benzene rings is 1. The van der Waals surface area contributed by atoms with Crippen LogP contribution in [0.2, 0.25) is 0 Å². The van der Waals surface area contributed by atoms with Gasteiger partial charge in [-0.3, -0.25) is 0 Å². The number of carbonyl (C=O) groups excluding carboxylic acids is 1. The number of methoxy groups -OCH3 is 1. The summed E-state index contributed by atoms with van der Waals surface area (Å²) >= 11 is 0. The average molecular weight is 268 g/mol. The third-order valence-electron chi connectivity index (χ3n) is 2.35. The summed E-state index contributed by atoms with van der Waals surface area (Å²) in [5, 5.41) is 22.2. The summed E-state index contributed by atoms with van der Waals surface area (Å²) < 4.78 is 4.98. The molecule has 0 saturated carbocycles. The Hall–Kier alpha value is -2.12. The predicted molar refractivity (Wildman–Crippen MR) is 67.8 cm³/mol. The Balaban J connectivity index is 2.69. The first-order valence-corrected chi connectivity index (χ1v) is 5.56. The van der Waals surface area contributed by atoms with E-state index in [0.717, 1.165) is 5.56 Å². The molecule has 0 spiro atoms. The van der Waals surface area contributed by atoms with Crippen molar-refractivity contribution in [2.45, 2.75) is 12.6 Å². The number of rotatable bonds is 6. The minimum Gasteiger partial charge on any atom is -0.480 e. The molecular weight excluding hydrogens is 252 g/mol. The molecule has 0 aliphatic heterocycles. The van der Waals surface area contributed by atoms with Crippen LogP contribution in [0.15, 0.2) is 24.3 Å². The van der Waals surface area contributed by atoms with Crippen molar-refractivity contribution in [1.29, 1.82) is 0 Å². The van der Waals surface area contributed by atoms with Crippen molar-refractivity contribution in [2.75, 3.05) is 19.0 Å². The number of hydrogen-bond acceptors (Lipinski definition) is 4. The lowest BCUT2D eigenvalue weighted by molar-refractivity contribution is -0.140. The number of amides is 2. The van der Waals surface area contributed by atoms with Crippen LogP contribution in [0.3, 0.4) is 0 Å². The van der Waals surface area contributed by atoms with Gasteiger partial charge >= 0.3 is 12.0 Å². The van der Waals surface area contributed by atoms with Crippen molar-refractivity contribution in [1.82, 2.24) is 5.32 Å². The summed E-state index contributed by atoms with van der Waals surface area (Å²) in [6.45, 7) is -0.360. The lowest BCUT2D eigenvalue weighted by Gasteiger charge is -2.14. The number of ether oxygens (including phenoxy) is 1. The molecule has 1 aromatic rings. The van der Waals surface area contributed by atoms with E-state index in [1.54, 1.807) is 24.3 Å². The van der Waals surface area contributed by atoms with E-state index >= 15 is 0 Å². The lowest BCUT2D eigenvalue weighted by atomic mass is 10.2.